The lowest BCUT2D eigenvalue weighted by atomic mass is 9.32. The Labute approximate surface area is 230 Å². The lowest BCUT2D eigenvalue weighted by molar-refractivity contribution is -0.246. The molecule has 0 spiro atoms. The molecule has 0 aromatic carbocycles. The number of hydrogen-bond acceptors (Lipinski definition) is 3. The molecule has 2 N–H and O–H groups in total. The van der Waals surface area contributed by atoms with E-state index in [1.165, 1.54) is 31.3 Å². The predicted octanol–water partition coefficient (Wildman–Crippen LogP) is 7.43. The molecule has 0 bridgehead atoms. The van der Waals surface area contributed by atoms with Crippen molar-refractivity contribution in [3.05, 3.63) is 22.6 Å². The van der Waals surface area contributed by atoms with Gasteiger partial charge >= 0.3 is 0 Å². The van der Waals surface area contributed by atoms with Crippen LogP contribution in [0.5, 0.6) is 0 Å². The Hall–Kier alpha value is -1.52. The van der Waals surface area contributed by atoms with Crippen LogP contribution in [0.3, 0.4) is 0 Å². The first-order chi connectivity index (χ1) is 17.8. The Bertz CT molecular complexity index is 1030. The van der Waals surface area contributed by atoms with Crippen molar-refractivity contribution in [2.75, 3.05) is 13.1 Å². The summed E-state index contributed by atoms with van der Waals surface area (Å²) >= 11 is 0. The van der Waals surface area contributed by atoms with Crippen LogP contribution in [-0.2, 0) is 4.79 Å². The third-order valence-corrected chi connectivity index (χ3v) is 14.1. The van der Waals surface area contributed by atoms with Gasteiger partial charge in [0.15, 0.2) is 0 Å². The van der Waals surface area contributed by atoms with Crippen molar-refractivity contribution >= 4 is 5.91 Å². The zero-order valence-electron chi connectivity index (χ0n) is 24.9. The molecule has 0 aromatic rings. The summed E-state index contributed by atoms with van der Waals surface area (Å²) in [7, 11) is 0. The van der Waals surface area contributed by atoms with Gasteiger partial charge in [0.25, 0.3) is 0 Å². The van der Waals surface area contributed by atoms with Crippen LogP contribution in [0.15, 0.2) is 17.3 Å². The summed E-state index contributed by atoms with van der Waals surface area (Å²) in [6, 6.07) is 0. The smallest absolute Gasteiger partial charge is 0.226 e. The molecule has 5 saturated carbocycles. The number of azide groups is 1. The molecule has 1 amide bonds. The van der Waals surface area contributed by atoms with Gasteiger partial charge in [0.2, 0.25) is 5.91 Å². The summed E-state index contributed by atoms with van der Waals surface area (Å²) in [4.78, 5) is 16.8. The third-order valence-electron chi connectivity index (χ3n) is 14.1. The largest absolute Gasteiger partial charge is 0.393 e. The third kappa shape index (κ3) is 3.61. The number of aliphatic hydroxyl groups is 1. The molecular weight excluding hydrogens is 472 g/mol. The fourth-order valence-electron chi connectivity index (χ4n) is 12.0. The maximum atomic E-state index is 13.9. The number of hydrogen-bond donors (Lipinski definition) is 2. The first-order valence-electron chi connectivity index (χ1n) is 15.4. The normalized spacial score (nSPS) is 48.9. The van der Waals surface area contributed by atoms with Crippen molar-refractivity contribution in [1.82, 2.24) is 5.32 Å². The van der Waals surface area contributed by atoms with Crippen molar-refractivity contribution < 1.29 is 9.90 Å². The summed E-state index contributed by atoms with van der Waals surface area (Å²) < 4.78 is 0. The van der Waals surface area contributed by atoms with Gasteiger partial charge in [-0.2, -0.15) is 0 Å². The van der Waals surface area contributed by atoms with Crippen LogP contribution in [0.4, 0.5) is 0 Å². The van der Waals surface area contributed by atoms with Gasteiger partial charge in [-0.3, -0.25) is 4.79 Å². The Morgan fingerprint density at radius 2 is 1.71 bits per heavy atom. The Morgan fingerprint density at radius 1 is 0.974 bits per heavy atom. The van der Waals surface area contributed by atoms with Crippen LogP contribution in [0, 0.1) is 56.7 Å². The molecule has 212 valence electrons. The lowest BCUT2D eigenvalue weighted by Crippen LogP contribution is -2.67. The van der Waals surface area contributed by atoms with E-state index < -0.39 is 0 Å². The van der Waals surface area contributed by atoms with Gasteiger partial charge in [-0.25, -0.2) is 0 Å². The molecular formula is C32H52N4O2. The van der Waals surface area contributed by atoms with Gasteiger partial charge in [0, 0.05) is 18.0 Å². The van der Waals surface area contributed by atoms with Crippen LogP contribution < -0.4 is 5.32 Å². The zero-order valence-corrected chi connectivity index (χ0v) is 24.9. The van der Waals surface area contributed by atoms with Gasteiger partial charge < -0.3 is 10.4 Å². The summed E-state index contributed by atoms with van der Waals surface area (Å²) in [6.07, 6.45) is 10.8. The second-order valence-corrected chi connectivity index (χ2v) is 15.4. The maximum Gasteiger partial charge on any atom is 0.226 e. The highest BCUT2D eigenvalue weighted by atomic mass is 16.3. The molecule has 0 aliphatic heterocycles. The van der Waals surface area contributed by atoms with Crippen molar-refractivity contribution in [1.29, 1.82) is 0 Å². The first kappa shape index (κ1) is 28.0. The molecule has 6 nitrogen and oxygen atoms in total. The SMILES string of the molecule is C=C(C)[C@@H]1CC[C@]2(C(=O)NCCN=[N+]=[N-])CC[C@]3(C)[C@H](CC[C@@H]4[C@@]5(C)CC[C@H](O)C(C)(C)[C@@H]5CC[C@]43C)[C@@H]12. The van der Waals surface area contributed by atoms with Gasteiger partial charge in [-0.1, -0.05) is 51.9 Å². The molecule has 5 aliphatic rings. The number of nitrogens with zero attached hydrogens (tertiary/aromatic N) is 3. The molecule has 5 aliphatic carbocycles. The van der Waals surface area contributed by atoms with Gasteiger partial charge in [0.05, 0.1) is 11.5 Å². The van der Waals surface area contributed by atoms with Gasteiger partial charge in [0.1, 0.15) is 0 Å². The average molecular weight is 525 g/mol. The van der Waals surface area contributed by atoms with E-state index in [1.807, 2.05) is 0 Å². The first-order valence-corrected chi connectivity index (χ1v) is 15.4. The minimum Gasteiger partial charge on any atom is -0.393 e. The van der Waals surface area contributed by atoms with E-state index in [0.29, 0.717) is 42.7 Å². The highest BCUT2D eigenvalue weighted by Crippen LogP contribution is 2.77. The number of amides is 1. The minimum atomic E-state index is -0.328. The molecule has 5 fully saturated rings. The average Bonchev–Trinajstić information content (AvgIpc) is 3.26. The zero-order chi connectivity index (χ0) is 27.7. The van der Waals surface area contributed by atoms with Gasteiger partial charge in [-0.15, -0.1) is 0 Å². The topological polar surface area (TPSA) is 98.1 Å². The molecule has 38 heavy (non-hydrogen) atoms. The standard InChI is InChI=1S/C32H52N4O2/c1-20(2)21-10-15-32(27(38)34-18-19-35-36-33)17-16-30(6)22(26(21)32)8-9-24-29(5)13-12-25(37)28(3,4)23(29)11-14-31(24,30)7/h21-26,37H,1,8-19H2,2-7H3,(H,34,38)/t21-,22+,23-,24+,25-,26+,29-,30+,31+,32-/m0/s1. The number of carbonyl (C=O) groups is 1. The van der Waals surface area contributed by atoms with E-state index in [0.717, 1.165) is 38.5 Å². The molecule has 10 atom stereocenters. The fraction of sp³-hybridized carbons (Fsp3) is 0.906. The van der Waals surface area contributed by atoms with E-state index in [9.17, 15) is 9.90 Å². The number of carbonyl (C=O) groups excluding carboxylic acids is 1. The van der Waals surface area contributed by atoms with Crippen LogP contribution >= 0.6 is 0 Å². The summed E-state index contributed by atoms with van der Waals surface area (Å²) in [5.74, 6) is 2.68. The van der Waals surface area contributed by atoms with Crippen LogP contribution in [0.1, 0.15) is 106 Å². The number of nitrogens with one attached hydrogen (secondary N) is 1. The van der Waals surface area contributed by atoms with Crippen molar-refractivity contribution in [3.63, 3.8) is 0 Å². The monoisotopic (exact) mass is 524 g/mol. The van der Waals surface area contributed by atoms with Crippen LogP contribution in [0.2, 0.25) is 0 Å². The number of aliphatic hydroxyl groups excluding tert-OH is 1. The second-order valence-electron chi connectivity index (χ2n) is 15.4. The van der Waals surface area contributed by atoms with E-state index in [2.05, 4.69) is 63.5 Å². The second kappa shape index (κ2) is 9.26. The van der Waals surface area contributed by atoms with Crippen molar-refractivity contribution in [2.24, 2.45) is 61.8 Å². The van der Waals surface area contributed by atoms with Crippen LogP contribution in [0.25, 0.3) is 10.4 Å². The predicted molar refractivity (Wildman–Crippen MR) is 152 cm³/mol. The Balaban J connectivity index is 1.50. The molecule has 0 aromatic heterocycles. The van der Waals surface area contributed by atoms with Crippen molar-refractivity contribution in [3.8, 4) is 0 Å². The number of fused-ring (bicyclic) bond motifs is 7. The quantitative estimate of drug-likeness (QED) is 0.128. The molecule has 6 heteroatoms. The Kier molecular flexibility index (Phi) is 6.83. The Morgan fingerprint density at radius 3 is 2.39 bits per heavy atom. The molecule has 0 heterocycles. The van der Waals surface area contributed by atoms with E-state index in [1.54, 1.807) is 0 Å². The molecule has 0 radical (unpaired) electrons. The maximum absolute atomic E-state index is 13.9. The minimum absolute atomic E-state index is 0.0298. The lowest BCUT2D eigenvalue weighted by Gasteiger charge is -2.72. The summed E-state index contributed by atoms with van der Waals surface area (Å²) in [6.45, 7) is 19.8. The summed E-state index contributed by atoms with van der Waals surface area (Å²) in [5.41, 5.74) is 10.2. The number of allylic oxidation sites excluding steroid dienone is 1. The molecule has 5 rings (SSSR count). The van der Waals surface area contributed by atoms with Crippen LogP contribution in [-0.4, -0.2) is 30.2 Å². The van der Waals surface area contributed by atoms with E-state index in [-0.39, 0.29) is 39.1 Å². The molecule has 0 unspecified atom stereocenters. The van der Waals surface area contributed by atoms with Crippen molar-refractivity contribution in [2.45, 2.75) is 112 Å². The highest BCUT2D eigenvalue weighted by Gasteiger charge is 2.71. The fourth-order valence-corrected chi connectivity index (χ4v) is 12.0. The van der Waals surface area contributed by atoms with Gasteiger partial charge in [-0.05, 0) is 128 Å². The highest BCUT2D eigenvalue weighted by molar-refractivity contribution is 5.84. The number of rotatable bonds is 5. The van der Waals surface area contributed by atoms with E-state index in [4.69, 9.17) is 5.53 Å². The molecule has 0 saturated heterocycles. The summed E-state index contributed by atoms with van der Waals surface area (Å²) in [5, 5.41) is 17.8. The van der Waals surface area contributed by atoms with E-state index >= 15 is 0 Å².